The van der Waals surface area contributed by atoms with Crippen LogP contribution in [0.5, 0.6) is 11.6 Å². The van der Waals surface area contributed by atoms with Crippen molar-refractivity contribution < 1.29 is 19.4 Å². The van der Waals surface area contributed by atoms with Gasteiger partial charge < -0.3 is 34.7 Å². The summed E-state index contributed by atoms with van der Waals surface area (Å²) >= 11 is 0. The summed E-state index contributed by atoms with van der Waals surface area (Å²) in [6.07, 6.45) is 4.04. The predicted molar refractivity (Wildman–Crippen MR) is 138 cm³/mol. The van der Waals surface area contributed by atoms with E-state index in [1.807, 2.05) is 24.3 Å². The Hall–Kier alpha value is -2.29. The first-order chi connectivity index (χ1) is 16.7. The topological polar surface area (TPSA) is 90.1 Å². The summed E-state index contributed by atoms with van der Waals surface area (Å²) in [7, 11) is 0. The van der Waals surface area contributed by atoms with Crippen molar-refractivity contribution in [2.24, 2.45) is 5.41 Å². The summed E-state index contributed by atoms with van der Waals surface area (Å²) < 4.78 is 11.6. The smallest absolute Gasteiger partial charge is 0.414 e. The molecule has 8 heteroatoms. The van der Waals surface area contributed by atoms with Gasteiger partial charge in [-0.15, -0.1) is 0 Å². The molecule has 194 valence electrons. The van der Waals surface area contributed by atoms with Gasteiger partial charge in [0.2, 0.25) is 5.88 Å². The maximum atomic E-state index is 12.5. The predicted octanol–water partition coefficient (Wildman–Crippen LogP) is 3.99. The minimum absolute atomic E-state index is 0.119. The van der Waals surface area contributed by atoms with Gasteiger partial charge in [-0.2, -0.15) is 0 Å². The summed E-state index contributed by atoms with van der Waals surface area (Å²) in [5.74, 6) is 1.22. The van der Waals surface area contributed by atoms with Crippen LogP contribution in [0.1, 0.15) is 52.9 Å². The molecule has 0 bridgehead atoms. The lowest BCUT2D eigenvalue weighted by atomic mass is 9.93. The number of amides is 1. The number of fused-ring (bicyclic) bond motifs is 1. The highest BCUT2D eigenvalue weighted by molar-refractivity contribution is 5.88. The molecule has 3 heterocycles. The van der Waals surface area contributed by atoms with Crippen molar-refractivity contribution in [3.8, 4) is 11.6 Å². The third-order valence-corrected chi connectivity index (χ3v) is 7.11. The first-order valence-electron chi connectivity index (χ1n) is 13.1. The van der Waals surface area contributed by atoms with Crippen molar-refractivity contribution in [3.63, 3.8) is 0 Å². The van der Waals surface area contributed by atoms with Gasteiger partial charge in [-0.25, -0.2) is 4.79 Å². The third-order valence-electron chi connectivity index (χ3n) is 7.11. The average Bonchev–Trinajstić information content (AvgIpc) is 3.22. The number of aliphatic hydroxyl groups is 1. The van der Waals surface area contributed by atoms with Gasteiger partial charge in [0.25, 0.3) is 0 Å². The highest BCUT2D eigenvalue weighted by Gasteiger charge is 2.23. The number of benzene rings is 1. The number of piperidine rings is 2. The SMILES string of the molecule is CC(C)(C)CCOc1cccc2[nH]c(OC(=O)NC3CCN(CCN4CCC(O)CC4)CC3)cc12. The molecule has 2 aliphatic heterocycles. The zero-order chi connectivity index (χ0) is 24.8. The minimum Gasteiger partial charge on any atom is -0.493 e. The lowest BCUT2D eigenvalue weighted by molar-refractivity contribution is 0.0739. The number of hydrogen-bond acceptors (Lipinski definition) is 6. The number of aromatic amines is 1. The lowest BCUT2D eigenvalue weighted by Gasteiger charge is -2.35. The van der Waals surface area contributed by atoms with Crippen LogP contribution in [-0.4, -0.2) is 84.0 Å². The van der Waals surface area contributed by atoms with E-state index in [1.54, 1.807) is 0 Å². The first kappa shape index (κ1) is 25.8. The number of H-pyrrole nitrogens is 1. The van der Waals surface area contributed by atoms with Crippen LogP contribution in [0.3, 0.4) is 0 Å². The molecular weight excluding hydrogens is 444 g/mol. The summed E-state index contributed by atoms with van der Waals surface area (Å²) in [6, 6.07) is 7.81. The van der Waals surface area contributed by atoms with Gasteiger partial charge in [0.15, 0.2) is 0 Å². The van der Waals surface area contributed by atoms with Crippen LogP contribution in [0.2, 0.25) is 0 Å². The molecule has 0 spiro atoms. The van der Waals surface area contributed by atoms with Crippen LogP contribution in [0.15, 0.2) is 24.3 Å². The van der Waals surface area contributed by atoms with Crippen molar-refractivity contribution in [2.75, 3.05) is 45.9 Å². The molecule has 0 atom stereocenters. The molecule has 0 unspecified atom stereocenters. The van der Waals surface area contributed by atoms with Crippen molar-refractivity contribution in [1.82, 2.24) is 20.1 Å². The van der Waals surface area contributed by atoms with Gasteiger partial charge in [0.1, 0.15) is 5.75 Å². The quantitative estimate of drug-likeness (QED) is 0.523. The number of aliphatic hydroxyl groups excluding tert-OH is 1. The number of ether oxygens (including phenoxy) is 2. The highest BCUT2D eigenvalue weighted by atomic mass is 16.6. The van der Waals surface area contributed by atoms with Crippen molar-refractivity contribution >= 4 is 17.0 Å². The Bertz CT molecular complexity index is 954. The molecule has 1 amide bonds. The van der Waals surface area contributed by atoms with E-state index in [0.29, 0.717) is 12.5 Å². The maximum Gasteiger partial charge on any atom is 0.414 e. The van der Waals surface area contributed by atoms with Crippen molar-refractivity contribution in [3.05, 3.63) is 24.3 Å². The second-order valence-electron chi connectivity index (χ2n) is 11.2. The Morgan fingerprint density at radius 2 is 1.74 bits per heavy atom. The van der Waals surface area contributed by atoms with Crippen LogP contribution >= 0.6 is 0 Å². The lowest BCUT2D eigenvalue weighted by Crippen LogP contribution is -2.47. The number of carbonyl (C=O) groups excluding carboxylic acids is 1. The van der Waals surface area contributed by atoms with Gasteiger partial charge in [-0.1, -0.05) is 26.8 Å². The third kappa shape index (κ3) is 7.85. The largest absolute Gasteiger partial charge is 0.493 e. The Balaban J connectivity index is 1.20. The van der Waals surface area contributed by atoms with E-state index in [0.717, 1.165) is 88.0 Å². The Morgan fingerprint density at radius 3 is 2.40 bits per heavy atom. The van der Waals surface area contributed by atoms with Gasteiger partial charge in [-0.05, 0) is 49.7 Å². The molecule has 3 N–H and O–H groups in total. The fourth-order valence-electron chi connectivity index (χ4n) is 4.77. The molecule has 2 aromatic rings. The normalized spacial score (nSPS) is 19.2. The summed E-state index contributed by atoms with van der Waals surface area (Å²) in [5.41, 5.74) is 1.10. The van der Waals surface area contributed by atoms with E-state index < -0.39 is 6.09 Å². The summed E-state index contributed by atoms with van der Waals surface area (Å²) in [4.78, 5) is 20.6. The minimum atomic E-state index is -0.419. The molecule has 2 fully saturated rings. The number of hydrogen-bond donors (Lipinski definition) is 3. The molecule has 8 nitrogen and oxygen atoms in total. The van der Waals surface area contributed by atoms with Crippen LogP contribution in [0.25, 0.3) is 10.9 Å². The number of carbonyl (C=O) groups is 1. The molecule has 1 aromatic carbocycles. The molecular formula is C27H42N4O4. The molecule has 4 rings (SSSR count). The number of rotatable bonds is 8. The number of nitrogens with zero attached hydrogens (tertiary/aromatic N) is 2. The standard InChI is InChI=1S/C27H42N4O4/c1-27(2,3)11-18-34-24-6-4-5-23-22(24)19-25(29-23)35-26(33)28-20-7-12-30(13-8-20)16-17-31-14-9-21(32)10-15-31/h4-6,19-21,29,32H,7-18H2,1-3H3,(H,28,33). The van der Waals surface area contributed by atoms with Crippen molar-refractivity contribution in [1.29, 1.82) is 0 Å². The number of nitrogens with one attached hydrogen (secondary N) is 2. The number of likely N-dealkylation sites (tertiary alicyclic amines) is 2. The zero-order valence-corrected chi connectivity index (χ0v) is 21.5. The molecule has 0 radical (unpaired) electrons. The molecule has 2 saturated heterocycles. The first-order valence-corrected chi connectivity index (χ1v) is 13.1. The van der Waals surface area contributed by atoms with Gasteiger partial charge in [0.05, 0.1) is 18.2 Å². The Labute approximate surface area is 208 Å². The second kappa shape index (κ2) is 11.6. The van der Waals surface area contributed by atoms with E-state index in [2.05, 4.69) is 40.9 Å². The van der Waals surface area contributed by atoms with E-state index in [4.69, 9.17) is 9.47 Å². The maximum absolute atomic E-state index is 12.5. The molecule has 35 heavy (non-hydrogen) atoms. The van der Waals surface area contributed by atoms with E-state index in [1.165, 1.54) is 0 Å². The Morgan fingerprint density at radius 1 is 1.09 bits per heavy atom. The van der Waals surface area contributed by atoms with Crippen molar-refractivity contribution in [2.45, 2.75) is 65.0 Å². The second-order valence-corrected chi connectivity index (χ2v) is 11.2. The summed E-state index contributed by atoms with van der Waals surface area (Å²) in [5, 5.41) is 13.6. The molecule has 2 aliphatic rings. The zero-order valence-electron chi connectivity index (χ0n) is 21.5. The van der Waals surface area contributed by atoms with Crippen LogP contribution < -0.4 is 14.8 Å². The van der Waals surface area contributed by atoms with Gasteiger partial charge >= 0.3 is 6.09 Å². The Kier molecular flexibility index (Phi) is 8.57. The fourth-order valence-corrected chi connectivity index (χ4v) is 4.77. The van der Waals surface area contributed by atoms with Gasteiger partial charge in [-0.3, -0.25) is 0 Å². The van der Waals surface area contributed by atoms with Gasteiger partial charge in [0, 0.05) is 56.8 Å². The average molecular weight is 487 g/mol. The van der Waals surface area contributed by atoms with E-state index >= 15 is 0 Å². The van der Waals surface area contributed by atoms with Crippen LogP contribution in [-0.2, 0) is 0 Å². The monoisotopic (exact) mass is 486 g/mol. The molecule has 1 aromatic heterocycles. The van der Waals surface area contributed by atoms with Crippen LogP contribution in [0.4, 0.5) is 4.79 Å². The fraction of sp³-hybridized carbons (Fsp3) is 0.667. The summed E-state index contributed by atoms with van der Waals surface area (Å²) in [6.45, 7) is 13.3. The molecule has 0 aliphatic carbocycles. The van der Waals surface area contributed by atoms with E-state index in [9.17, 15) is 9.90 Å². The van der Waals surface area contributed by atoms with E-state index in [-0.39, 0.29) is 17.6 Å². The molecule has 0 saturated carbocycles. The highest BCUT2D eigenvalue weighted by Crippen LogP contribution is 2.30. The number of aromatic nitrogens is 1. The van der Waals surface area contributed by atoms with Crippen LogP contribution in [0, 0.1) is 5.41 Å².